The first kappa shape index (κ1) is 19.8. The standard InChI is InChI=1S/C25H36/c1-3-5-7-9-11-23-14-18-25(19-15-23)21-20-24-16-12-22(13-17-24)10-8-6-4-2/h14-16,18-19,22H,3-13,17H2,1-2H3. The predicted octanol–water partition coefficient (Wildman–Crippen LogP) is 7.47. The Labute approximate surface area is 156 Å². The fraction of sp³-hybridized carbons (Fsp3) is 0.600. The molecule has 0 fully saturated rings. The third-order valence-electron chi connectivity index (χ3n) is 5.38. The van der Waals surface area contributed by atoms with Crippen LogP contribution in [0.5, 0.6) is 0 Å². The molecule has 1 aliphatic rings. The van der Waals surface area contributed by atoms with Crippen molar-refractivity contribution in [2.75, 3.05) is 0 Å². The van der Waals surface area contributed by atoms with E-state index in [2.05, 4.69) is 56.0 Å². The fourth-order valence-electron chi connectivity index (χ4n) is 3.61. The Morgan fingerprint density at radius 1 is 0.880 bits per heavy atom. The molecule has 0 nitrogen and oxygen atoms in total. The van der Waals surface area contributed by atoms with Gasteiger partial charge in [-0.2, -0.15) is 0 Å². The van der Waals surface area contributed by atoms with E-state index in [1.54, 1.807) is 0 Å². The summed E-state index contributed by atoms with van der Waals surface area (Å²) in [6.45, 7) is 4.55. The minimum absolute atomic E-state index is 0.907. The second-order valence-electron chi connectivity index (χ2n) is 7.62. The summed E-state index contributed by atoms with van der Waals surface area (Å²) in [5.74, 6) is 7.69. The van der Waals surface area contributed by atoms with Crippen molar-refractivity contribution in [2.24, 2.45) is 5.92 Å². The number of hydrogen-bond donors (Lipinski definition) is 0. The first-order valence-corrected chi connectivity index (χ1v) is 10.6. The Morgan fingerprint density at radius 2 is 1.64 bits per heavy atom. The third-order valence-corrected chi connectivity index (χ3v) is 5.38. The third kappa shape index (κ3) is 7.96. The molecule has 1 aromatic rings. The largest absolute Gasteiger partial charge is 0.0726 e. The summed E-state index contributed by atoms with van der Waals surface area (Å²) in [6, 6.07) is 8.90. The molecule has 1 aromatic carbocycles. The summed E-state index contributed by atoms with van der Waals surface area (Å²) in [5.41, 5.74) is 3.96. The molecule has 0 heterocycles. The van der Waals surface area contributed by atoms with E-state index in [9.17, 15) is 0 Å². The minimum Gasteiger partial charge on any atom is -0.0726 e. The van der Waals surface area contributed by atoms with E-state index >= 15 is 0 Å². The van der Waals surface area contributed by atoms with Gasteiger partial charge in [-0.15, -0.1) is 0 Å². The number of unbranched alkanes of at least 4 members (excludes halogenated alkanes) is 5. The molecule has 0 aliphatic heterocycles. The van der Waals surface area contributed by atoms with Crippen LogP contribution in [0.2, 0.25) is 0 Å². The van der Waals surface area contributed by atoms with E-state index in [-0.39, 0.29) is 0 Å². The van der Waals surface area contributed by atoms with Gasteiger partial charge in [0.1, 0.15) is 0 Å². The highest BCUT2D eigenvalue weighted by Gasteiger charge is 2.12. The number of aryl methyl sites for hydroxylation is 1. The first-order valence-electron chi connectivity index (χ1n) is 10.6. The van der Waals surface area contributed by atoms with Gasteiger partial charge < -0.3 is 0 Å². The van der Waals surface area contributed by atoms with Crippen LogP contribution in [-0.2, 0) is 6.42 Å². The van der Waals surface area contributed by atoms with Crippen molar-refractivity contribution in [3.8, 4) is 11.8 Å². The number of rotatable bonds is 9. The molecular weight excluding hydrogens is 300 g/mol. The van der Waals surface area contributed by atoms with Crippen molar-refractivity contribution < 1.29 is 0 Å². The van der Waals surface area contributed by atoms with Crippen LogP contribution in [0, 0.1) is 17.8 Å². The second-order valence-corrected chi connectivity index (χ2v) is 7.62. The van der Waals surface area contributed by atoms with Gasteiger partial charge in [-0.05, 0) is 61.3 Å². The van der Waals surface area contributed by atoms with Gasteiger partial charge in [0.15, 0.2) is 0 Å². The van der Waals surface area contributed by atoms with Gasteiger partial charge in [0.05, 0.1) is 0 Å². The lowest BCUT2D eigenvalue weighted by molar-refractivity contribution is 0.420. The molecule has 0 spiro atoms. The van der Waals surface area contributed by atoms with E-state index in [4.69, 9.17) is 0 Å². The zero-order valence-corrected chi connectivity index (χ0v) is 16.4. The van der Waals surface area contributed by atoms with Crippen molar-refractivity contribution in [3.05, 3.63) is 47.0 Å². The lowest BCUT2D eigenvalue weighted by Crippen LogP contribution is -2.05. The van der Waals surface area contributed by atoms with Crippen molar-refractivity contribution in [3.63, 3.8) is 0 Å². The average molecular weight is 337 g/mol. The summed E-state index contributed by atoms with van der Waals surface area (Å²) in [7, 11) is 0. The molecule has 1 aliphatic carbocycles. The quantitative estimate of drug-likeness (QED) is 0.324. The highest BCUT2D eigenvalue weighted by Crippen LogP contribution is 2.27. The molecule has 25 heavy (non-hydrogen) atoms. The lowest BCUT2D eigenvalue weighted by atomic mass is 9.86. The summed E-state index contributed by atoms with van der Waals surface area (Å²) in [4.78, 5) is 0. The maximum atomic E-state index is 3.42. The summed E-state index contributed by atoms with van der Waals surface area (Å²) >= 11 is 0. The van der Waals surface area contributed by atoms with Crippen LogP contribution in [0.25, 0.3) is 0 Å². The van der Waals surface area contributed by atoms with E-state index in [1.807, 2.05) is 0 Å². The Hall–Kier alpha value is -1.48. The highest BCUT2D eigenvalue weighted by molar-refractivity contribution is 5.42. The second kappa shape index (κ2) is 12.0. The topological polar surface area (TPSA) is 0 Å². The molecule has 0 bridgehead atoms. The molecular formula is C25H36. The SMILES string of the molecule is CCCCCCc1ccc(C#CC2=CCC(CCCCC)CC2)cc1. The van der Waals surface area contributed by atoms with Crippen molar-refractivity contribution in [1.29, 1.82) is 0 Å². The maximum absolute atomic E-state index is 3.42. The number of benzene rings is 1. The molecule has 0 aromatic heterocycles. The van der Waals surface area contributed by atoms with Gasteiger partial charge in [0.2, 0.25) is 0 Å². The van der Waals surface area contributed by atoms with Crippen molar-refractivity contribution in [1.82, 2.24) is 0 Å². The van der Waals surface area contributed by atoms with Crippen LogP contribution in [0.15, 0.2) is 35.9 Å². The Morgan fingerprint density at radius 3 is 2.32 bits per heavy atom. The molecule has 0 heteroatoms. The van der Waals surface area contributed by atoms with Gasteiger partial charge in [0, 0.05) is 5.56 Å². The molecule has 0 saturated carbocycles. The molecule has 1 unspecified atom stereocenters. The summed E-state index contributed by atoms with van der Waals surface area (Å²) in [6.07, 6.45) is 18.2. The van der Waals surface area contributed by atoms with Gasteiger partial charge in [0.25, 0.3) is 0 Å². The van der Waals surface area contributed by atoms with E-state index in [0.29, 0.717) is 0 Å². The van der Waals surface area contributed by atoms with Crippen molar-refractivity contribution >= 4 is 0 Å². The first-order chi connectivity index (χ1) is 12.3. The monoisotopic (exact) mass is 336 g/mol. The smallest absolute Gasteiger partial charge is 0.0249 e. The van der Waals surface area contributed by atoms with Crippen LogP contribution in [0.3, 0.4) is 0 Å². The highest BCUT2D eigenvalue weighted by atomic mass is 14.2. The molecule has 1 atom stereocenters. The maximum Gasteiger partial charge on any atom is 0.0249 e. The molecule has 2 rings (SSSR count). The lowest BCUT2D eigenvalue weighted by Gasteiger charge is -2.19. The Balaban J connectivity index is 1.77. The average Bonchev–Trinajstić information content (AvgIpc) is 2.66. The van der Waals surface area contributed by atoms with Gasteiger partial charge >= 0.3 is 0 Å². The van der Waals surface area contributed by atoms with Crippen molar-refractivity contribution in [2.45, 2.75) is 90.9 Å². The van der Waals surface area contributed by atoms with Gasteiger partial charge in [-0.1, -0.05) is 88.8 Å². The van der Waals surface area contributed by atoms with Gasteiger partial charge in [-0.25, -0.2) is 0 Å². The summed E-state index contributed by atoms with van der Waals surface area (Å²) < 4.78 is 0. The molecule has 136 valence electrons. The molecule has 0 radical (unpaired) electrons. The Kier molecular flexibility index (Phi) is 9.50. The zero-order valence-electron chi connectivity index (χ0n) is 16.4. The Bertz CT molecular complexity index is 564. The summed E-state index contributed by atoms with van der Waals surface area (Å²) in [5, 5.41) is 0. The van der Waals surface area contributed by atoms with Crippen LogP contribution in [0.4, 0.5) is 0 Å². The number of allylic oxidation sites excluding steroid dienone is 2. The minimum atomic E-state index is 0.907. The van der Waals surface area contributed by atoms with Gasteiger partial charge in [-0.3, -0.25) is 0 Å². The van der Waals surface area contributed by atoms with E-state index in [0.717, 1.165) is 11.5 Å². The van der Waals surface area contributed by atoms with Crippen LogP contribution in [-0.4, -0.2) is 0 Å². The van der Waals surface area contributed by atoms with Crippen LogP contribution < -0.4 is 0 Å². The fourth-order valence-corrected chi connectivity index (χ4v) is 3.61. The van der Waals surface area contributed by atoms with E-state index in [1.165, 1.54) is 88.2 Å². The predicted molar refractivity (Wildman–Crippen MR) is 111 cm³/mol. The molecule has 0 saturated heterocycles. The molecule has 0 amide bonds. The molecule has 0 N–H and O–H groups in total. The van der Waals surface area contributed by atoms with Crippen LogP contribution >= 0.6 is 0 Å². The normalized spacial score (nSPS) is 16.9. The number of hydrogen-bond acceptors (Lipinski definition) is 0. The van der Waals surface area contributed by atoms with E-state index < -0.39 is 0 Å². The van der Waals surface area contributed by atoms with Crippen LogP contribution in [0.1, 0.15) is 95.6 Å². The zero-order chi connectivity index (χ0) is 17.7.